The lowest BCUT2D eigenvalue weighted by molar-refractivity contribution is -0.116. The highest BCUT2D eigenvalue weighted by atomic mass is 32.2. The van der Waals surface area contributed by atoms with E-state index in [1.54, 1.807) is 25.1 Å². The first-order valence-corrected chi connectivity index (χ1v) is 8.17. The van der Waals surface area contributed by atoms with Crippen molar-refractivity contribution in [1.82, 2.24) is 4.98 Å². The van der Waals surface area contributed by atoms with Crippen molar-refractivity contribution in [1.29, 1.82) is 0 Å². The maximum absolute atomic E-state index is 13.5. The van der Waals surface area contributed by atoms with E-state index >= 15 is 0 Å². The third-order valence-corrected chi connectivity index (χ3v) is 5.11. The van der Waals surface area contributed by atoms with Crippen LogP contribution in [0.2, 0.25) is 0 Å². The standard InChI is InChI=1S/C14H14FN3O2S2/c1-8-13(21-7-11(16)19)22-14(17-8)18-12(20)6-9-4-2-3-5-10(9)15/h2-5H,6-7H2,1H3,(H2,16,19)(H,17,18,20). The smallest absolute Gasteiger partial charge is 0.230 e. The number of primary amides is 1. The van der Waals surface area contributed by atoms with Gasteiger partial charge in [0.2, 0.25) is 11.8 Å². The summed E-state index contributed by atoms with van der Waals surface area (Å²) in [5, 5.41) is 3.06. The van der Waals surface area contributed by atoms with Crippen molar-refractivity contribution in [3.05, 3.63) is 41.3 Å². The van der Waals surface area contributed by atoms with Gasteiger partial charge in [0.1, 0.15) is 5.82 Å². The molecule has 0 saturated carbocycles. The molecule has 3 N–H and O–H groups in total. The Balaban J connectivity index is 1.98. The number of amides is 2. The molecule has 0 saturated heterocycles. The molecule has 2 aromatic rings. The van der Waals surface area contributed by atoms with Gasteiger partial charge in [0.25, 0.3) is 0 Å². The van der Waals surface area contributed by atoms with Crippen LogP contribution >= 0.6 is 23.1 Å². The van der Waals surface area contributed by atoms with E-state index < -0.39 is 11.7 Å². The molecule has 0 bridgehead atoms. The molecule has 2 rings (SSSR count). The van der Waals surface area contributed by atoms with Crippen LogP contribution in [0.5, 0.6) is 0 Å². The third kappa shape index (κ3) is 4.54. The Labute approximate surface area is 135 Å². The van der Waals surface area contributed by atoms with Crippen molar-refractivity contribution in [3.8, 4) is 0 Å². The summed E-state index contributed by atoms with van der Waals surface area (Å²) in [7, 11) is 0. The summed E-state index contributed by atoms with van der Waals surface area (Å²) in [4.78, 5) is 26.9. The number of thiazole rings is 1. The molecule has 22 heavy (non-hydrogen) atoms. The fourth-order valence-electron chi connectivity index (χ4n) is 1.68. The number of nitrogens with one attached hydrogen (secondary N) is 1. The van der Waals surface area contributed by atoms with E-state index in [1.807, 2.05) is 0 Å². The number of benzene rings is 1. The molecular weight excluding hydrogens is 325 g/mol. The molecule has 0 spiro atoms. The predicted molar refractivity (Wildman–Crippen MR) is 85.5 cm³/mol. The highest BCUT2D eigenvalue weighted by Gasteiger charge is 2.13. The number of aryl methyl sites for hydroxylation is 1. The number of nitrogens with zero attached hydrogens (tertiary/aromatic N) is 1. The second-order valence-electron chi connectivity index (χ2n) is 4.46. The fraction of sp³-hybridized carbons (Fsp3) is 0.214. The van der Waals surface area contributed by atoms with Gasteiger partial charge in [-0.3, -0.25) is 9.59 Å². The van der Waals surface area contributed by atoms with Crippen molar-refractivity contribution in [2.24, 2.45) is 5.73 Å². The van der Waals surface area contributed by atoms with Gasteiger partial charge >= 0.3 is 0 Å². The average molecular weight is 339 g/mol. The Morgan fingerprint density at radius 3 is 2.82 bits per heavy atom. The molecule has 0 aliphatic carbocycles. The zero-order valence-corrected chi connectivity index (χ0v) is 13.4. The molecule has 116 valence electrons. The van der Waals surface area contributed by atoms with Crippen molar-refractivity contribution in [2.45, 2.75) is 17.6 Å². The van der Waals surface area contributed by atoms with Gasteiger partial charge in [-0.25, -0.2) is 9.37 Å². The summed E-state index contributed by atoms with van der Waals surface area (Å²) in [6.07, 6.45) is -0.0605. The zero-order chi connectivity index (χ0) is 16.1. The largest absolute Gasteiger partial charge is 0.369 e. The van der Waals surface area contributed by atoms with E-state index in [9.17, 15) is 14.0 Å². The number of aromatic nitrogens is 1. The summed E-state index contributed by atoms with van der Waals surface area (Å²) < 4.78 is 14.3. The average Bonchev–Trinajstić information content (AvgIpc) is 2.79. The molecule has 0 unspecified atom stereocenters. The quantitative estimate of drug-likeness (QED) is 0.791. The highest BCUT2D eigenvalue weighted by molar-refractivity contribution is 8.01. The van der Waals surface area contributed by atoms with Gasteiger partial charge in [0, 0.05) is 0 Å². The number of nitrogens with two attached hydrogens (primary N) is 1. The number of halogens is 1. The molecule has 1 aromatic heterocycles. The van der Waals surface area contributed by atoms with Crippen molar-refractivity contribution < 1.29 is 14.0 Å². The van der Waals surface area contributed by atoms with Gasteiger partial charge in [0.05, 0.1) is 22.1 Å². The Morgan fingerprint density at radius 1 is 1.41 bits per heavy atom. The Bertz CT molecular complexity index is 703. The minimum absolute atomic E-state index is 0.0605. The molecule has 0 fully saturated rings. The summed E-state index contributed by atoms with van der Waals surface area (Å²) >= 11 is 2.54. The van der Waals surface area contributed by atoms with Gasteiger partial charge in [-0.2, -0.15) is 0 Å². The van der Waals surface area contributed by atoms with Crippen LogP contribution in [0.25, 0.3) is 0 Å². The summed E-state index contributed by atoms with van der Waals surface area (Å²) in [6, 6.07) is 6.13. The summed E-state index contributed by atoms with van der Waals surface area (Å²) in [5.74, 6) is -1.01. The number of anilines is 1. The number of carbonyl (C=O) groups is 2. The number of thioether (sulfide) groups is 1. The molecule has 1 aromatic carbocycles. The van der Waals surface area contributed by atoms with Crippen LogP contribution in [0.15, 0.2) is 28.5 Å². The molecule has 0 aliphatic rings. The van der Waals surface area contributed by atoms with Crippen molar-refractivity contribution in [3.63, 3.8) is 0 Å². The van der Waals surface area contributed by atoms with Crippen LogP contribution in [-0.2, 0) is 16.0 Å². The SMILES string of the molecule is Cc1nc(NC(=O)Cc2ccccc2F)sc1SCC(N)=O. The van der Waals surface area contributed by atoms with E-state index in [4.69, 9.17) is 5.73 Å². The first-order chi connectivity index (χ1) is 10.5. The fourth-order valence-corrected chi connectivity index (χ4v) is 3.58. The lowest BCUT2D eigenvalue weighted by Gasteiger charge is -2.02. The normalized spacial score (nSPS) is 10.5. The van der Waals surface area contributed by atoms with E-state index in [0.29, 0.717) is 10.7 Å². The second kappa shape index (κ2) is 7.37. The van der Waals surface area contributed by atoms with Crippen molar-refractivity contribution >= 4 is 40.0 Å². The maximum atomic E-state index is 13.5. The summed E-state index contributed by atoms with van der Waals surface area (Å²) in [6.45, 7) is 1.78. The van der Waals surface area contributed by atoms with Crippen molar-refractivity contribution in [2.75, 3.05) is 11.1 Å². The first kappa shape index (κ1) is 16.4. The Morgan fingerprint density at radius 2 is 2.14 bits per heavy atom. The molecular formula is C14H14FN3O2S2. The van der Waals surface area contributed by atoms with E-state index in [2.05, 4.69) is 10.3 Å². The van der Waals surface area contributed by atoms with Crippen LogP contribution in [-0.4, -0.2) is 22.6 Å². The molecule has 1 heterocycles. The van der Waals surface area contributed by atoms with E-state index in [0.717, 1.165) is 9.90 Å². The Hall–Kier alpha value is -1.93. The molecule has 0 radical (unpaired) electrons. The van der Waals surface area contributed by atoms with Gasteiger partial charge in [-0.15, -0.1) is 11.8 Å². The first-order valence-electron chi connectivity index (χ1n) is 6.37. The van der Waals surface area contributed by atoms with Crippen LogP contribution < -0.4 is 11.1 Å². The van der Waals surface area contributed by atoms with Crippen LogP contribution in [0, 0.1) is 12.7 Å². The minimum Gasteiger partial charge on any atom is -0.369 e. The minimum atomic E-state index is -0.414. The Kier molecular flexibility index (Phi) is 5.51. The zero-order valence-electron chi connectivity index (χ0n) is 11.8. The predicted octanol–water partition coefficient (Wildman–Crippen LogP) is 2.35. The number of carbonyl (C=O) groups excluding carboxylic acids is 2. The van der Waals surface area contributed by atoms with E-state index in [-0.39, 0.29) is 18.1 Å². The monoisotopic (exact) mass is 339 g/mol. The molecule has 2 amide bonds. The number of hydrogen-bond donors (Lipinski definition) is 2. The second-order valence-corrected chi connectivity index (χ2v) is 6.71. The topological polar surface area (TPSA) is 85.1 Å². The van der Waals surface area contributed by atoms with Gasteiger partial charge < -0.3 is 11.1 Å². The van der Waals surface area contributed by atoms with Gasteiger partial charge in [-0.1, -0.05) is 29.5 Å². The lowest BCUT2D eigenvalue weighted by atomic mass is 10.1. The molecule has 0 aliphatic heterocycles. The summed E-state index contributed by atoms with van der Waals surface area (Å²) in [5.41, 5.74) is 6.15. The molecule has 8 heteroatoms. The maximum Gasteiger partial charge on any atom is 0.230 e. The molecule has 5 nitrogen and oxygen atoms in total. The number of rotatable bonds is 6. The number of hydrogen-bond acceptors (Lipinski definition) is 5. The highest BCUT2D eigenvalue weighted by Crippen LogP contribution is 2.31. The van der Waals surface area contributed by atoms with Crippen LogP contribution in [0.4, 0.5) is 9.52 Å². The van der Waals surface area contributed by atoms with E-state index in [1.165, 1.54) is 29.2 Å². The van der Waals surface area contributed by atoms with Gasteiger partial charge in [0.15, 0.2) is 5.13 Å². The van der Waals surface area contributed by atoms with Gasteiger partial charge in [-0.05, 0) is 18.6 Å². The molecule has 0 atom stereocenters. The van der Waals surface area contributed by atoms with Crippen LogP contribution in [0.1, 0.15) is 11.3 Å². The third-order valence-electron chi connectivity index (χ3n) is 2.65. The lowest BCUT2D eigenvalue weighted by Crippen LogP contribution is -2.15. The van der Waals surface area contributed by atoms with Crippen LogP contribution in [0.3, 0.4) is 0 Å².